The van der Waals surface area contributed by atoms with Crippen LogP contribution in [0.1, 0.15) is 4.88 Å². The molecule has 0 aliphatic carbocycles. The maximum Gasteiger partial charge on any atom is 0.230 e. The zero-order valence-electron chi connectivity index (χ0n) is 8.61. The molecule has 0 saturated heterocycles. The van der Waals surface area contributed by atoms with Crippen molar-refractivity contribution in [1.82, 2.24) is 4.98 Å². The number of nitrogens with zero attached hydrogens (tertiary/aromatic N) is 1. The van der Waals surface area contributed by atoms with Gasteiger partial charge in [-0.15, -0.1) is 11.3 Å². The molecule has 88 valence electrons. The molecular weight excluding hydrogens is 307 g/mol. The van der Waals surface area contributed by atoms with E-state index in [2.05, 4.69) is 26.2 Å². The first kappa shape index (κ1) is 12.2. The number of thiophene rings is 1. The number of amides is 1. The zero-order valence-corrected chi connectivity index (χ0v) is 11.0. The molecule has 3 nitrogen and oxygen atoms in total. The summed E-state index contributed by atoms with van der Waals surface area (Å²) < 4.78 is 13.2. The van der Waals surface area contributed by atoms with E-state index in [1.54, 1.807) is 0 Å². The minimum atomic E-state index is -0.451. The fourth-order valence-electron chi connectivity index (χ4n) is 1.25. The SMILES string of the molecule is O=C(Cc1cccs1)Nc1ncc(F)cc1Br. The van der Waals surface area contributed by atoms with Crippen LogP contribution in [-0.4, -0.2) is 10.9 Å². The van der Waals surface area contributed by atoms with E-state index in [1.807, 2.05) is 17.5 Å². The second-order valence-electron chi connectivity index (χ2n) is 3.29. The van der Waals surface area contributed by atoms with Gasteiger partial charge in [0.05, 0.1) is 17.1 Å². The molecule has 0 aliphatic rings. The minimum Gasteiger partial charge on any atom is -0.309 e. The number of halogens is 2. The monoisotopic (exact) mass is 314 g/mol. The van der Waals surface area contributed by atoms with E-state index >= 15 is 0 Å². The van der Waals surface area contributed by atoms with Crippen molar-refractivity contribution < 1.29 is 9.18 Å². The van der Waals surface area contributed by atoms with Gasteiger partial charge >= 0.3 is 0 Å². The lowest BCUT2D eigenvalue weighted by Crippen LogP contribution is -2.15. The fourth-order valence-corrected chi connectivity index (χ4v) is 2.38. The number of nitrogens with one attached hydrogen (secondary N) is 1. The molecular formula is C11H8BrFN2OS. The van der Waals surface area contributed by atoms with Crippen LogP contribution in [0.2, 0.25) is 0 Å². The van der Waals surface area contributed by atoms with Crippen LogP contribution < -0.4 is 5.32 Å². The number of aromatic nitrogens is 1. The molecule has 2 aromatic heterocycles. The van der Waals surface area contributed by atoms with Gasteiger partial charge in [0.2, 0.25) is 5.91 Å². The Morgan fingerprint density at radius 2 is 2.41 bits per heavy atom. The largest absolute Gasteiger partial charge is 0.309 e. The average molecular weight is 315 g/mol. The molecule has 0 aromatic carbocycles. The highest BCUT2D eigenvalue weighted by Crippen LogP contribution is 2.20. The number of anilines is 1. The van der Waals surface area contributed by atoms with E-state index in [1.165, 1.54) is 17.4 Å². The molecule has 0 atom stereocenters. The summed E-state index contributed by atoms with van der Waals surface area (Å²) in [5.74, 6) is -0.298. The van der Waals surface area contributed by atoms with Crippen molar-refractivity contribution in [3.8, 4) is 0 Å². The average Bonchev–Trinajstić information content (AvgIpc) is 2.75. The number of hydrogen-bond acceptors (Lipinski definition) is 3. The summed E-state index contributed by atoms with van der Waals surface area (Å²) in [6.07, 6.45) is 1.36. The van der Waals surface area contributed by atoms with Gasteiger partial charge in [-0.1, -0.05) is 6.07 Å². The lowest BCUT2D eigenvalue weighted by Gasteiger charge is -2.05. The molecule has 0 saturated carbocycles. The third-order valence-electron chi connectivity index (χ3n) is 1.98. The van der Waals surface area contributed by atoms with E-state index in [0.717, 1.165) is 11.1 Å². The van der Waals surface area contributed by atoms with Crippen LogP contribution in [0, 0.1) is 5.82 Å². The van der Waals surface area contributed by atoms with Crippen LogP contribution in [0.15, 0.2) is 34.2 Å². The predicted molar refractivity (Wildman–Crippen MR) is 68.5 cm³/mol. The molecule has 1 amide bonds. The first-order valence-corrected chi connectivity index (χ1v) is 6.45. The van der Waals surface area contributed by atoms with Gasteiger partial charge in [-0.05, 0) is 33.4 Å². The van der Waals surface area contributed by atoms with Gasteiger partial charge in [0.15, 0.2) is 0 Å². The zero-order chi connectivity index (χ0) is 12.3. The van der Waals surface area contributed by atoms with Crippen molar-refractivity contribution in [2.45, 2.75) is 6.42 Å². The second kappa shape index (κ2) is 5.37. The Kier molecular flexibility index (Phi) is 3.86. The summed E-state index contributed by atoms with van der Waals surface area (Å²) in [7, 11) is 0. The predicted octanol–water partition coefficient (Wildman–Crippen LogP) is 3.23. The Bertz CT molecular complexity index is 530. The Morgan fingerprint density at radius 1 is 1.59 bits per heavy atom. The number of pyridine rings is 1. The molecule has 6 heteroatoms. The third-order valence-corrected chi connectivity index (χ3v) is 3.46. The van der Waals surface area contributed by atoms with Crippen molar-refractivity contribution in [3.63, 3.8) is 0 Å². The molecule has 2 rings (SSSR count). The third kappa shape index (κ3) is 3.34. The first-order valence-electron chi connectivity index (χ1n) is 4.78. The quantitative estimate of drug-likeness (QED) is 0.945. The van der Waals surface area contributed by atoms with Gasteiger partial charge in [-0.3, -0.25) is 4.79 Å². The number of hydrogen-bond donors (Lipinski definition) is 1. The van der Waals surface area contributed by atoms with Gasteiger partial charge in [0.25, 0.3) is 0 Å². The normalized spacial score (nSPS) is 10.2. The van der Waals surface area contributed by atoms with Gasteiger partial charge < -0.3 is 5.32 Å². The molecule has 2 aromatic rings. The first-order chi connectivity index (χ1) is 8.15. The van der Waals surface area contributed by atoms with Crippen LogP contribution in [0.5, 0.6) is 0 Å². The van der Waals surface area contributed by atoms with Gasteiger partial charge in [0.1, 0.15) is 11.6 Å². The molecule has 0 fully saturated rings. The Labute approximate surface area is 110 Å². The molecule has 1 N–H and O–H groups in total. The highest BCUT2D eigenvalue weighted by atomic mass is 79.9. The van der Waals surface area contributed by atoms with Crippen molar-refractivity contribution in [3.05, 3.63) is 44.9 Å². The van der Waals surface area contributed by atoms with Crippen molar-refractivity contribution in [2.75, 3.05) is 5.32 Å². The summed E-state index contributed by atoms with van der Waals surface area (Å²) >= 11 is 4.65. The summed E-state index contributed by atoms with van der Waals surface area (Å²) in [5.41, 5.74) is 0. The molecule has 17 heavy (non-hydrogen) atoms. The molecule has 0 aliphatic heterocycles. The summed E-state index contributed by atoms with van der Waals surface area (Å²) in [4.78, 5) is 16.4. The maximum atomic E-state index is 12.8. The van der Waals surface area contributed by atoms with Gasteiger partial charge in [-0.2, -0.15) is 0 Å². The summed E-state index contributed by atoms with van der Waals surface area (Å²) in [6, 6.07) is 5.03. The highest BCUT2D eigenvalue weighted by molar-refractivity contribution is 9.10. The van der Waals surface area contributed by atoms with E-state index < -0.39 is 5.82 Å². The Morgan fingerprint density at radius 3 is 3.06 bits per heavy atom. The molecule has 0 radical (unpaired) electrons. The van der Waals surface area contributed by atoms with Crippen LogP contribution >= 0.6 is 27.3 Å². The molecule has 0 spiro atoms. The van der Waals surface area contributed by atoms with Crippen LogP contribution in [-0.2, 0) is 11.2 Å². The van der Waals surface area contributed by atoms with E-state index in [4.69, 9.17) is 0 Å². The topological polar surface area (TPSA) is 42.0 Å². The summed E-state index contributed by atoms with van der Waals surface area (Å²) in [5, 5.41) is 4.53. The standard InChI is InChI=1S/C11H8BrFN2OS/c12-9-4-7(13)6-14-11(9)15-10(16)5-8-2-1-3-17-8/h1-4,6H,5H2,(H,14,15,16). The summed E-state index contributed by atoms with van der Waals surface area (Å²) in [6.45, 7) is 0. The van der Waals surface area contributed by atoms with Gasteiger partial charge in [-0.25, -0.2) is 9.37 Å². The molecule has 2 heterocycles. The molecule has 0 unspecified atom stereocenters. The smallest absolute Gasteiger partial charge is 0.230 e. The van der Waals surface area contributed by atoms with Crippen LogP contribution in [0.3, 0.4) is 0 Å². The molecule has 0 bridgehead atoms. The second-order valence-corrected chi connectivity index (χ2v) is 5.17. The van der Waals surface area contributed by atoms with E-state index in [-0.39, 0.29) is 5.91 Å². The minimum absolute atomic E-state index is 0.174. The highest BCUT2D eigenvalue weighted by Gasteiger charge is 2.09. The van der Waals surface area contributed by atoms with E-state index in [9.17, 15) is 9.18 Å². The van der Waals surface area contributed by atoms with Crippen molar-refractivity contribution >= 4 is 39.0 Å². The lowest BCUT2D eigenvalue weighted by molar-refractivity contribution is -0.115. The fraction of sp³-hybridized carbons (Fsp3) is 0.0909. The lowest BCUT2D eigenvalue weighted by atomic mass is 10.3. The number of carbonyl (C=O) groups is 1. The van der Waals surface area contributed by atoms with Crippen molar-refractivity contribution in [2.24, 2.45) is 0 Å². The Hall–Kier alpha value is -1.27. The van der Waals surface area contributed by atoms with Crippen molar-refractivity contribution in [1.29, 1.82) is 0 Å². The van der Waals surface area contributed by atoms with Gasteiger partial charge in [0, 0.05) is 4.88 Å². The van der Waals surface area contributed by atoms with E-state index in [0.29, 0.717) is 16.7 Å². The maximum absolute atomic E-state index is 12.8. The number of carbonyl (C=O) groups excluding carboxylic acids is 1. The van der Waals surface area contributed by atoms with Crippen LogP contribution in [0.4, 0.5) is 10.2 Å². The Balaban J connectivity index is 2.03. The van der Waals surface area contributed by atoms with Crippen LogP contribution in [0.25, 0.3) is 0 Å². The number of rotatable bonds is 3.